The molecule has 0 spiro atoms. The average Bonchev–Trinajstić information content (AvgIpc) is 2.79. The summed E-state index contributed by atoms with van der Waals surface area (Å²) in [5.41, 5.74) is 4.23. The van der Waals surface area contributed by atoms with Gasteiger partial charge in [0.15, 0.2) is 11.5 Å². The molecule has 6 heteroatoms. The number of ether oxygens (including phenoxy) is 3. The van der Waals surface area contributed by atoms with Crippen LogP contribution in [0.4, 0.5) is 11.4 Å². The van der Waals surface area contributed by atoms with Crippen molar-refractivity contribution < 1.29 is 19.0 Å². The minimum Gasteiger partial charge on any atom is -0.489 e. The molecule has 0 unspecified atom stereocenters. The second kappa shape index (κ2) is 9.00. The lowest BCUT2D eigenvalue weighted by atomic mass is 10.1. The first kappa shape index (κ1) is 20.6. The minimum absolute atomic E-state index is 0.162. The van der Waals surface area contributed by atoms with Gasteiger partial charge in [-0.3, -0.25) is 4.79 Å². The highest BCUT2D eigenvalue weighted by Gasteiger charge is 2.13. The SMILES string of the molecule is Cc1ccc(NC(=O)c2cccc(N(C)C)c2)cc1OCc1ccc2c(c1)OCCO2. The molecule has 1 aliphatic heterocycles. The van der Waals surface area contributed by atoms with Crippen molar-refractivity contribution in [2.24, 2.45) is 0 Å². The molecule has 160 valence electrons. The zero-order valence-electron chi connectivity index (χ0n) is 18.0. The van der Waals surface area contributed by atoms with E-state index in [9.17, 15) is 4.79 Å². The molecule has 0 aromatic heterocycles. The van der Waals surface area contributed by atoms with Crippen LogP contribution < -0.4 is 24.4 Å². The molecular formula is C25H26N2O4. The van der Waals surface area contributed by atoms with E-state index in [4.69, 9.17) is 14.2 Å². The second-order valence-corrected chi connectivity index (χ2v) is 7.65. The number of nitrogens with zero attached hydrogens (tertiary/aromatic N) is 1. The van der Waals surface area contributed by atoms with Crippen molar-refractivity contribution in [2.75, 3.05) is 37.5 Å². The molecule has 0 radical (unpaired) electrons. The molecule has 4 rings (SSSR count). The van der Waals surface area contributed by atoms with E-state index in [1.807, 2.05) is 80.5 Å². The summed E-state index contributed by atoms with van der Waals surface area (Å²) in [6.07, 6.45) is 0. The highest BCUT2D eigenvalue weighted by molar-refractivity contribution is 6.04. The number of amides is 1. The van der Waals surface area contributed by atoms with Crippen LogP contribution in [0.1, 0.15) is 21.5 Å². The number of anilines is 2. The van der Waals surface area contributed by atoms with E-state index in [0.717, 1.165) is 34.1 Å². The van der Waals surface area contributed by atoms with Gasteiger partial charge in [0.25, 0.3) is 5.91 Å². The Labute approximate surface area is 182 Å². The molecule has 3 aromatic rings. The van der Waals surface area contributed by atoms with Crippen molar-refractivity contribution in [3.8, 4) is 17.2 Å². The van der Waals surface area contributed by atoms with Crippen LogP contribution in [0.2, 0.25) is 0 Å². The van der Waals surface area contributed by atoms with Crippen LogP contribution in [-0.2, 0) is 6.61 Å². The van der Waals surface area contributed by atoms with E-state index in [1.165, 1.54) is 0 Å². The molecule has 3 aromatic carbocycles. The summed E-state index contributed by atoms with van der Waals surface area (Å²) in [5, 5.41) is 2.96. The topological polar surface area (TPSA) is 60.0 Å². The molecule has 0 aliphatic carbocycles. The van der Waals surface area contributed by atoms with E-state index >= 15 is 0 Å². The van der Waals surface area contributed by atoms with Gasteiger partial charge in [0.1, 0.15) is 25.6 Å². The smallest absolute Gasteiger partial charge is 0.255 e. The summed E-state index contributed by atoms with van der Waals surface area (Å²) < 4.78 is 17.2. The zero-order chi connectivity index (χ0) is 21.8. The maximum Gasteiger partial charge on any atom is 0.255 e. The molecule has 1 aliphatic rings. The summed E-state index contributed by atoms with van der Waals surface area (Å²) in [5.74, 6) is 2.05. The Bertz CT molecular complexity index is 1090. The molecular weight excluding hydrogens is 392 g/mol. The number of hydrogen-bond donors (Lipinski definition) is 1. The van der Waals surface area contributed by atoms with E-state index in [-0.39, 0.29) is 5.91 Å². The molecule has 6 nitrogen and oxygen atoms in total. The first-order valence-electron chi connectivity index (χ1n) is 10.2. The lowest BCUT2D eigenvalue weighted by molar-refractivity contribution is 0.102. The van der Waals surface area contributed by atoms with E-state index in [1.54, 1.807) is 6.07 Å². The third-order valence-corrected chi connectivity index (χ3v) is 5.07. The van der Waals surface area contributed by atoms with Crippen molar-refractivity contribution in [1.82, 2.24) is 0 Å². The van der Waals surface area contributed by atoms with Crippen molar-refractivity contribution in [2.45, 2.75) is 13.5 Å². The largest absolute Gasteiger partial charge is 0.489 e. The van der Waals surface area contributed by atoms with Gasteiger partial charge in [0.2, 0.25) is 0 Å². The number of fused-ring (bicyclic) bond motifs is 1. The second-order valence-electron chi connectivity index (χ2n) is 7.65. The Hall–Kier alpha value is -3.67. The Balaban J connectivity index is 1.44. The van der Waals surface area contributed by atoms with Crippen LogP contribution >= 0.6 is 0 Å². The molecule has 0 bridgehead atoms. The summed E-state index contributed by atoms with van der Waals surface area (Å²) in [6.45, 7) is 3.49. The van der Waals surface area contributed by atoms with Gasteiger partial charge in [0, 0.05) is 37.1 Å². The Morgan fingerprint density at radius 3 is 2.61 bits per heavy atom. The van der Waals surface area contributed by atoms with Crippen molar-refractivity contribution in [3.63, 3.8) is 0 Å². The summed E-state index contributed by atoms with van der Waals surface area (Å²) >= 11 is 0. The van der Waals surface area contributed by atoms with Crippen molar-refractivity contribution in [3.05, 3.63) is 77.4 Å². The highest BCUT2D eigenvalue weighted by Crippen LogP contribution is 2.31. The van der Waals surface area contributed by atoms with Gasteiger partial charge in [-0.25, -0.2) is 0 Å². The summed E-state index contributed by atoms with van der Waals surface area (Å²) in [4.78, 5) is 14.7. The highest BCUT2D eigenvalue weighted by atomic mass is 16.6. The van der Waals surface area contributed by atoms with Gasteiger partial charge in [-0.15, -0.1) is 0 Å². The van der Waals surface area contributed by atoms with Crippen molar-refractivity contribution >= 4 is 17.3 Å². The maximum atomic E-state index is 12.7. The number of carbonyl (C=O) groups is 1. The average molecular weight is 418 g/mol. The minimum atomic E-state index is -0.162. The standard InChI is InChI=1S/C25H26N2O4/c1-17-7-9-20(26-25(28)19-5-4-6-21(14-19)27(2)3)15-23(17)31-16-18-8-10-22-24(13-18)30-12-11-29-22/h4-10,13-15H,11-12,16H2,1-3H3,(H,26,28). The number of benzene rings is 3. The Morgan fingerprint density at radius 1 is 1.00 bits per heavy atom. The number of nitrogens with one attached hydrogen (secondary N) is 1. The van der Waals surface area contributed by atoms with E-state index in [2.05, 4.69) is 5.32 Å². The molecule has 0 fully saturated rings. The fourth-order valence-electron chi connectivity index (χ4n) is 3.30. The maximum absolute atomic E-state index is 12.7. The number of carbonyl (C=O) groups excluding carboxylic acids is 1. The molecule has 0 atom stereocenters. The quantitative estimate of drug-likeness (QED) is 0.631. The normalized spacial score (nSPS) is 12.2. The van der Waals surface area contributed by atoms with Gasteiger partial charge >= 0.3 is 0 Å². The van der Waals surface area contributed by atoms with Gasteiger partial charge in [-0.1, -0.05) is 18.2 Å². The number of rotatable bonds is 6. The first-order valence-corrected chi connectivity index (χ1v) is 10.2. The van der Waals surface area contributed by atoms with Gasteiger partial charge in [-0.05, 0) is 54.4 Å². The van der Waals surface area contributed by atoms with Crippen molar-refractivity contribution in [1.29, 1.82) is 0 Å². The Morgan fingerprint density at radius 2 is 1.81 bits per heavy atom. The predicted octanol–water partition coefficient (Wildman–Crippen LogP) is 4.66. The Kier molecular flexibility index (Phi) is 5.98. The van der Waals surface area contributed by atoms with Crippen LogP contribution in [0, 0.1) is 6.92 Å². The van der Waals surface area contributed by atoms with Crippen LogP contribution in [-0.4, -0.2) is 33.2 Å². The van der Waals surface area contributed by atoms with Gasteiger partial charge in [0.05, 0.1) is 0 Å². The molecule has 0 saturated carbocycles. The summed E-state index contributed by atoms with van der Waals surface area (Å²) in [6, 6.07) is 19.0. The molecule has 1 heterocycles. The van der Waals surface area contributed by atoms with Gasteiger partial charge < -0.3 is 24.4 Å². The monoisotopic (exact) mass is 418 g/mol. The molecule has 1 amide bonds. The third kappa shape index (κ3) is 4.91. The van der Waals surface area contributed by atoms with Gasteiger partial charge in [-0.2, -0.15) is 0 Å². The number of aryl methyl sites for hydroxylation is 1. The van der Waals surface area contributed by atoms with Crippen LogP contribution in [0.3, 0.4) is 0 Å². The zero-order valence-corrected chi connectivity index (χ0v) is 18.0. The third-order valence-electron chi connectivity index (χ3n) is 5.07. The van der Waals surface area contributed by atoms with Crippen LogP contribution in [0.5, 0.6) is 17.2 Å². The fourth-order valence-corrected chi connectivity index (χ4v) is 3.30. The lowest BCUT2D eigenvalue weighted by Gasteiger charge is -2.19. The number of hydrogen-bond acceptors (Lipinski definition) is 5. The fraction of sp³-hybridized carbons (Fsp3) is 0.240. The van der Waals surface area contributed by atoms with Crippen LogP contribution in [0.25, 0.3) is 0 Å². The molecule has 31 heavy (non-hydrogen) atoms. The van der Waals surface area contributed by atoms with E-state index < -0.39 is 0 Å². The van der Waals surface area contributed by atoms with E-state index in [0.29, 0.717) is 31.1 Å². The predicted molar refractivity (Wildman–Crippen MR) is 122 cm³/mol. The van der Waals surface area contributed by atoms with Crippen LogP contribution in [0.15, 0.2) is 60.7 Å². The molecule has 1 N–H and O–H groups in total. The lowest BCUT2D eigenvalue weighted by Crippen LogP contribution is -2.15. The summed E-state index contributed by atoms with van der Waals surface area (Å²) in [7, 11) is 3.89. The molecule has 0 saturated heterocycles. The first-order chi connectivity index (χ1) is 15.0.